The number of allylic oxidation sites excluding steroid dienone is 1. The van der Waals surface area contributed by atoms with Gasteiger partial charge in [-0.25, -0.2) is 0 Å². The summed E-state index contributed by atoms with van der Waals surface area (Å²) in [6.07, 6.45) is 0.946. The van der Waals surface area contributed by atoms with E-state index in [4.69, 9.17) is 0 Å². The lowest BCUT2D eigenvalue weighted by Crippen LogP contribution is -2.33. The molecule has 56 heavy (non-hydrogen) atoms. The van der Waals surface area contributed by atoms with Crippen LogP contribution in [0.15, 0.2) is 194 Å². The van der Waals surface area contributed by atoms with Crippen molar-refractivity contribution in [2.24, 2.45) is 0 Å². The van der Waals surface area contributed by atoms with Crippen molar-refractivity contribution >= 4 is 44.8 Å². The molecule has 0 saturated carbocycles. The molecule has 8 aromatic rings. The second-order valence-electron chi connectivity index (χ2n) is 16.4. The summed E-state index contributed by atoms with van der Waals surface area (Å²) in [7, 11) is 0. The highest BCUT2D eigenvalue weighted by Gasteiger charge is 2.49. The topological polar surface area (TPSA) is 6.48 Å². The summed E-state index contributed by atoms with van der Waals surface area (Å²) in [4.78, 5) is 4.97. The summed E-state index contributed by atoms with van der Waals surface area (Å²) < 4.78 is 0. The van der Waals surface area contributed by atoms with Gasteiger partial charge < -0.3 is 9.80 Å². The second kappa shape index (κ2) is 12.2. The molecule has 0 fully saturated rings. The van der Waals surface area contributed by atoms with Crippen LogP contribution in [0.2, 0.25) is 0 Å². The van der Waals surface area contributed by atoms with Crippen LogP contribution in [0.1, 0.15) is 54.2 Å². The van der Waals surface area contributed by atoms with Gasteiger partial charge in [-0.15, -0.1) is 0 Å². The molecule has 2 aliphatic carbocycles. The van der Waals surface area contributed by atoms with Crippen molar-refractivity contribution < 1.29 is 0 Å². The highest BCUT2D eigenvalue weighted by Crippen LogP contribution is 2.59. The van der Waals surface area contributed by atoms with E-state index in [1.165, 1.54) is 77.9 Å². The van der Waals surface area contributed by atoms with E-state index < -0.39 is 0 Å². The zero-order chi connectivity index (χ0) is 37.6. The molecular formula is C54H42N2. The summed E-state index contributed by atoms with van der Waals surface area (Å²) >= 11 is 0. The van der Waals surface area contributed by atoms with E-state index in [2.05, 4.69) is 219 Å². The summed E-state index contributed by atoms with van der Waals surface area (Å²) in [5.41, 5.74) is 19.0. The first-order valence-electron chi connectivity index (χ1n) is 19.8. The van der Waals surface area contributed by atoms with E-state index in [1.807, 2.05) is 0 Å². The lowest BCUT2D eigenvalue weighted by Gasteiger charge is -2.38. The first-order chi connectivity index (χ1) is 27.4. The highest BCUT2D eigenvalue weighted by molar-refractivity contribution is 5.98. The van der Waals surface area contributed by atoms with Crippen LogP contribution < -0.4 is 9.80 Å². The van der Waals surface area contributed by atoms with Crippen LogP contribution in [0.3, 0.4) is 0 Å². The first-order valence-corrected chi connectivity index (χ1v) is 19.8. The molecule has 2 nitrogen and oxygen atoms in total. The predicted octanol–water partition coefficient (Wildman–Crippen LogP) is 14.0. The van der Waals surface area contributed by atoms with Crippen LogP contribution in [-0.4, -0.2) is 0 Å². The Morgan fingerprint density at radius 1 is 0.464 bits per heavy atom. The van der Waals surface area contributed by atoms with Crippen molar-refractivity contribution in [2.75, 3.05) is 9.80 Å². The molecule has 0 amide bonds. The van der Waals surface area contributed by atoms with Crippen LogP contribution in [0, 0.1) is 0 Å². The number of hydrogen-bond acceptors (Lipinski definition) is 2. The quantitative estimate of drug-likeness (QED) is 0.175. The molecule has 1 unspecified atom stereocenters. The Morgan fingerprint density at radius 3 is 1.91 bits per heavy atom. The summed E-state index contributed by atoms with van der Waals surface area (Å²) in [5, 5.41) is 2.50. The van der Waals surface area contributed by atoms with Gasteiger partial charge in [-0.2, -0.15) is 0 Å². The van der Waals surface area contributed by atoms with Crippen molar-refractivity contribution in [2.45, 2.75) is 38.0 Å². The normalized spacial score (nSPS) is 17.2. The number of anilines is 5. The molecule has 0 spiro atoms. The lowest BCUT2D eigenvalue weighted by atomic mass is 9.68. The minimum absolute atomic E-state index is 0.0845. The maximum Gasteiger partial charge on any atom is 0.0500 e. The molecule has 1 atom stereocenters. The molecule has 11 rings (SSSR count). The van der Waals surface area contributed by atoms with Crippen molar-refractivity contribution in [3.8, 4) is 11.1 Å². The smallest absolute Gasteiger partial charge is 0.0500 e. The van der Waals surface area contributed by atoms with Crippen LogP contribution in [0.5, 0.6) is 0 Å². The third kappa shape index (κ3) is 4.75. The van der Waals surface area contributed by atoms with E-state index in [-0.39, 0.29) is 10.8 Å². The van der Waals surface area contributed by atoms with Crippen molar-refractivity contribution in [1.29, 1.82) is 0 Å². The number of rotatable bonds is 5. The van der Waals surface area contributed by atoms with Gasteiger partial charge in [0.05, 0.1) is 5.69 Å². The van der Waals surface area contributed by atoms with Gasteiger partial charge in [-0.1, -0.05) is 147 Å². The van der Waals surface area contributed by atoms with Crippen LogP contribution in [0.25, 0.3) is 27.5 Å². The fourth-order valence-electron chi connectivity index (χ4n) is 10.1. The maximum atomic E-state index is 2.56. The Morgan fingerprint density at radius 2 is 1.09 bits per heavy atom. The molecule has 268 valence electrons. The second-order valence-corrected chi connectivity index (χ2v) is 16.4. The van der Waals surface area contributed by atoms with E-state index in [0.29, 0.717) is 0 Å². The van der Waals surface area contributed by atoms with Gasteiger partial charge in [0.1, 0.15) is 0 Å². The van der Waals surface area contributed by atoms with Gasteiger partial charge in [-0.3, -0.25) is 0 Å². The number of hydrogen-bond donors (Lipinski definition) is 0. The molecule has 3 aliphatic rings. The number of benzene rings is 8. The van der Waals surface area contributed by atoms with Crippen molar-refractivity contribution in [1.82, 2.24) is 0 Å². The standard InChI is InChI=1S/C54H42N2/c1-53(2)47-22-12-11-21-45(47)46-32-31-43(34-49(46)53)55(40-18-5-4-6-19-40)41-28-26-37(27-29-41)51-44-20-10-9-17-39(44)35-54(3)48-23-13-14-24-50(48)56(52(51)54)42-30-25-36-15-7-8-16-38(36)33-42/h4-34H,35H2,1-3H3. The van der Waals surface area contributed by atoms with Gasteiger partial charge in [0, 0.05) is 44.8 Å². The minimum Gasteiger partial charge on any atom is -0.312 e. The first kappa shape index (κ1) is 32.8. The lowest BCUT2D eigenvalue weighted by molar-refractivity contribution is 0.563. The SMILES string of the molecule is CC12Cc3ccccc3C(c3ccc(N(c4ccccc4)c4ccc5c(c4)C(C)(C)c4ccccc4-5)cc3)=C1N(c1ccc3ccccc3c1)c1ccccc12. The monoisotopic (exact) mass is 718 g/mol. The molecule has 0 N–H and O–H groups in total. The molecule has 0 saturated heterocycles. The summed E-state index contributed by atoms with van der Waals surface area (Å²) in [6, 6.07) is 69.8. The molecule has 0 aromatic heterocycles. The average Bonchev–Trinajstić information content (AvgIpc) is 3.64. The third-order valence-corrected chi connectivity index (χ3v) is 12.8. The maximum absolute atomic E-state index is 2.56. The fourth-order valence-corrected chi connectivity index (χ4v) is 10.1. The number of fused-ring (bicyclic) bond motifs is 8. The number of para-hydroxylation sites is 2. The highest BCUT2D eigenvalue weighted by atomic mass is 15.2. The zero-order valence-electron chi connectivity index (χ0n) is 32.0. The summed E-state index contributed by atoms with van der Waals surface area (Å²) in [6.45, 7) is 7.17. The third-order valence-electron chi connectivity index (χ3n) is 12.8. The van der Waals surface area contributed by atoms with Crippen LogP contribution in [0.4, 0.5) is 28.4 Å². The Hall–Kier alpha value is -6.64. The van der Waals surface area contributed by atoms with Crippen LogP contribution in [-0.2, 0) is 17.3 Å². The largest absolute Gasteiger partial charge is 0.312 e. The van der Waals surface area contributed by atoms with Gasteiger partial charge >= 0.3 is 0 Å². The Labute approximate surface area is 329 Å². The van der Waals surface area contributed by atoms with Crippen molar-refractivity contribution in [3.05, 3.63) is 227 Å². The molecule has 0 bridgehead atoms. The Kier molecular flexibility index (Phi) is 7.13. The molecule has 1 aliphatic heterocycles. The summed E-state index contributed by atoms with van der Waals surface area (Å²) in [5.74, 6) is 0. The molecule has 1 heterocycles. The van der Waals surface area contributed by atoms with Crippen LogP contribution >= 0.6 is 0 Å². The zero-order valence-corrected chi connectivity index (χ0v) is 32.0. The molecular weight excluding hydrogens is 677 g/mol. The van der Waals surface area contributed by atoms with Crippen molar-refractivity contribution in [3.63, 3.8) is 0 Å². The molecule has 2 heteroatoms. The van der Waals surface area contributed by atoms with Gasteiger partial charge in [0.2, 0.25) is 0 Å². The van der Waals surface area contributed by atoms with E-state index in [1.54, 1.807) is 0 Å². The van der Waals surface area contributed by atoms with Gasteiger partial charge in [0.15, 0.2) is 0 Å². The Balaban J connectivity index is 1.09. The van der Waals surface area contributed by atoms with E-state index >= 15 is 0 Å². The van der Waals surface area contributed by atoms with E-state index in [0.717, 1.165) is 23.5 Å². The van der Waals surface area contributed by atoms with Gasteiger partial charge in [0.25, 0.3) is 0 Å². The number of nitrogens with zero attached hydrogens (tertiary/aromatic N) is 2. The van der Waals surface area contributed by atoms with Gasteiger partial charge in [-0.05, 0) is 123 Å². The molecule has 0 radical (unpaired) electrons. The predicted molar refractivity (Wildman–Crippen MR) is 235 cm³/mol. The average molecular weight is 719 g/mol. The Bertz CT molecular complexity index is 2880. The fraction of sp³-hybridized carbons (Fsp3) is 0.111. The van der Waals surface area contributed by atoms with E-state index in [9.17, 15) is 0 Å². The molecule has 8 aromatic carbocycles. The minimum atomic E-state index is -0.213.